The molecule has 1 aromatic rings. The Morgan fingerprint density at radius 2 is 1.74 bits per heavy atom. The number of piperidine rings is 1. The summed E-state index contributed by atoms with van der Waals surface area (Å²) in [5, 5.41) is 0. The number of rotatable bonds is 11. The number of ether oxygens (including phenoxy) is 3. The molecule has 0 saturated carbocycles. The SMILES string of the molecule is CCCCOC(OCCCC)C1CCN(c2cnc(C(=O)OC)cn2)CC1. The first-order valence-electron chi connectivity index (χ1n) is 10.1. The van der Waals surface area contributed by atoms with Crippen LogP contribution in [0.5, 0.6) is 0 Å². The Kier molecular flexibility index (Phi) is 9.48. The molecular weight excluding hydrogens is 346 g/mol. The van der Waals surface area contributed by atoms with Gasteiger partial charge in [0, 0.05) is 32.2 Å². The summed E-state index contributed by atoms with van der Waals surface area (Å²) in [6.07, 6.45) is 9.35. The predicted molar refractivity (Wildman–Crippen MR) is 104 cm³/mol. The van der Waals surface area contributed by atoms with Gasteiger partial charge in [-0.25, -0.2) is 14.8 Å². The first-order valence-corrected chi connectivity index (χ1v) is 10.1. The number of unbranched alkanes of at least 4 members (excludes halogenated alkanes) is 2. The number of nitrogens with zero attached hydrogens (tertiary/aromatic N) is 3. The zero-order valence-corrected chi connectivity index (χ0v) is 16.9. The Bertz CT molecular complexity index is 535. The third kappa shape index (κ3) is 6.74. The highest BCUT2D eigenvalue weighted by molar-refractivity contribution is 5.86. The lowest BCUT2D eigenvalue weighted by Crippen LogP contribution is -2.40. The van der Waals surface area contributed by atoms with Gasteiger partial charge >= 0.3 is 5.97 Å². The summed E-state index contributed by atoms with van der Waals surface area (Å²) >= 11 is 0. The summed E-state index contributed by atoms with van der Waals surface area (Å²) in [4.78, 5) is 22.2. The Labute approximate surface area is 162 Å². The van der Waals surface area contributed by atoms with E-state index in [1.807, 2.05) is 0 Å². The number of carbonyl (C=O) groups excluding carboxylic acids is 1. The minimum absolute atomic E-state index is 0.113. The molecule has 0 amide bonds. The van der Waals surface area contributed by atoms with Gasteiger partial charge in [0.15, 0.2) is 12.0 Å². The van der Waals surface area contributed by atoms with Gasteiger partial charge in [-0.15, -0.1) is 0 Å². The van der Waals surface area contributed by atoms with Crippen LogP contribution in [-0.2, 0) is 14.2 Å². The van der Waals surface area contributed by atoms with Crippen LogP contribution in [0.1, 0.15) is 62.9 Å². The van der Waals surface area contributed by atoms with Gasteiger partial charge in [0.2, 0.25) is 0 Å². The van der Waals surface area contributed by atoms with Gasteiger partial charge < -0.3 is 19.1 Å². The van der Waals surface area contributed by atoms with Gasteiger partial charge in [0.05, 0.1) is 19.5 Å². The van der Waals surface area contributed by atoms with E-state index in [2.05, 4.69) is 33.5 Å². The van der Waals surface area contributed by atoms with Gasteiger partial charge in [0.1, 0.15) is 5.82 Å². The number of esters is 1. The van der Waals surface area contributed by atoms with Crippen molar-refractivity contribution in [1.82, 2.24) is 9.97 Å². The van der Waals surface area contributed by atoms with Crippen molar-refractivity contribution in [3.63, 3.8) is 0 Å². The van der Waals surface area contributed by atoms with Crippen molar-refractivity contribution >= 4 is 11.8 Å². The molecule has 0 N–H and O–H groups in total. The van der Waals surface area contributed by atoms with E-state index in [9.17, 15) is 4.79 Å². The molecule has 1 aliphatic rings. The minimum atomic E-state index is -0.468. The van der Waals surface area contributed by atoms with Crippen LogP contribution in [0.3, 0.4) is 0 Å². The van der Waals surface area contributed by atoms with E-state index in [1.54, 1.807) is 6.20 Å². The highest BCUT2D eigenvalue weighted by Crippen LogP contribution is 2.26. The summed E-state index contributed by atoms with van der Waals surface area (Å²) < 4.78 is 16.7. The molecule has 152 valence electrons. The molecule has 1 aromatic heterocycles. The molecule has 0 aromatic carbocycles. The summed E-state index contributed by atoms with van der Waals surface area (Å²) in [6.45, 7) is 7.61. The standard InChI is InChI=1S/C20H33N3O4/c1-4-6-12-26-20(27-13-7-5-2)16-8-10-23(11-9-16)18-15-21-17(14-22-18)19(24)25-3/h14-16,20H,4-13H2,1-3H3. The van der Waals surface area contributed by atoms with Gasteiger partial charge in [-0.05, 0) is 25.7 Å². The normalized spacial score (nSPS) is 15.3. The fourth-order valence-corrected chi connectivity index (χ4v) is 3.10. The number of methoxy groups -OCH3 is 1. The Morgan fingerprint density at radius 1 is 1.11 bits per heavy atom. The Balaban J connectivity index is 1.87. The fourth-order valence-electron chi connectivity index (χ4n) is 3.10. The first-order chi connectivity index (χ1) is 13.2. The topological polar surface area (TPSA) is 73.8 Å². The second-order valence-corrected chi connectivity index (χ2v) is 6.89. The molecule has 7 heteroatoms. The molecule has 1 aliphatic heterocycles. The zero-order chi connectivity index (χ0) is 19.5. The van der Waals surface area contributed by atoms with Gasteiger partial charge in [-0.1, -0.05) is 26.7 Å². The average Bonchev–Trinajstić information content (AvgIpc) is 2.72. The van der Waals surface area contributed by atoms with Crippen molar-refractivity contribution in [3.05, 3.63) is 18.1 Å². The average molecular weight is 380 g/mol. The molecule has 7 nitrogen and oxygen atoms in total. The number of hydrogen-bond donors (Lipinski definition) is 0. The lowest BCUT2D eigenvalue weighted by atomic mass is 9.96. The molecule has 0 bridgehead atoms. The number of anilines is 1. The van der Waals surface area contributed by atoms with E-state index in [0.717, 1.165) is 70.6 Å². The second kappa shape index (κ2) is 11.9. The van der Waals surface area contributed by atoms with Crippen LogP contribution in [0.15, 0.2) is 12.4 Å². The molecule has 1 saturated heterocycles. The summed E-state index contributed by atoms with van der Waals surface area (Å²) in [6, 6.07) is 0. The lowest BCUT2D eigenvalue weighted by Gasteiger charge is -2.36. The summed E-state index contributed by atoms with van der Waals surface area (Å²) in [5.41, 5.74) is 0.227. The van der Waals surface area contributed by atoms with E-state index in [4.69, 9.17) is 9.47 Å². The van der Waals surface area contributed by atoms with Gasteiger partial charge in [-0.2, -0.15) is 0 Å². The summed E-state index contributed by atoms with van der Waals surface area (Å²) in [5.74, 6) is 0.720. The van der Waals surface area contributed by atoms with Crippen LogP contribution < -0.4 is 4.90 Å². The maximum Gasteiger partial charge on any atom is 0.358 e. The zero-order valence-electron chi connectivity index (χ0n) is 16.9. The third-order valence-electron chi connectivity index (χ3n) is 4.84. The van der Waals surface area contributed by atoms with Crippen molar-refractivity contribution in [1.29, 1.82) is 0 Å². The number of hydrogen-bond acceptors (Lipinski definition) is 7. The second-order valence-electron chi connectivity index (χ2n) is 6.89. The molecule has 0 unspecified atom stereocenters. The molecule has 0 atom stereocenters. The van der Waals surface area contributed by atoms with Crippen LogP contribution in [0.25, 0.3) is 0 Å². The number of carbonyl (C=O) groups is 1. The third-order valence-corrected chi connectivity index (χ3v) is 4.84. The van der Waals surface area contributed by atoms with Gasteiger partial charge in [-0.3, -0.25) is 0 Å². The van der Waals surface area contributed by atoms with Gasteiger partial charge in [0.25, 0.3) is 0 Å². The molecule has 0 aliphatic carbocycles. The van der Waals surface area contributed by atoms with Crippen LogP contribution in [0.2, 0.25) is 0 Å². The largest absolute Gasteiger partial charge is 0.464 e. The van der Waals surface area contributed by atoms with E-state index in [-0.39, 0.29) is 12.0 Å². The van der Waals surface area contributed by atoms with E-state index >= 15 is 0 Å². The quantitative estimate of drug-likeness (QED) is 0.331. The van der Waals surface area contributed by atoms with E-state index in [0.29, 0.717) is 5.92 Å². The van der Waals surface area contributed by atoms with E-state index < -0.39 is 5.97 Å². The van der Waals surface area contributed by atoms with Crippen LogP contribution in [0.4, 0.5) is 5.82 Å². The van der Waals surface area contributed by atoms with Crippen LogP contribution in [0, 0.1) is 5.92 Å². The Morgan fingerprint density at radius 3 is 2.22 bits per heavy atom. The molecular formula is C20H33N3O4. The molecule has 2 rings (SSSR count). The predicted octanol–water partition coefficient (Wildman–Crippen LogP) is 3.44. The minimum Gasteiger partial charge on any atom is -0.464 e. The van der Waals surface area contributed by atoms with Crippen molar-refractivity contribution in [2.45, 2.75) is 58.7 Å². The highest BCUT2D eigenvalue weighted by Gasteiger charge is 2.28. The molecule has 0 spiro atoms. The summed E-state index contributed by atoms with van der Waals surface area (Å²) in [7, 11) is 1.34. The monoisotopic (exact) mass is 379 g/mol. The Hall–Kier alpha value is -1.73. The van der Waals surface area contributed by atoms with E-state index in [1.165, 1.54) is 13.3 Å². The maximum absolute atomic E-state index is 11.5. The maximum atomic E-state index is 11.5. The smallest absolute Gasteiger partial charge is 0.358 e. The van der Waals surface area contributed by atoms with Crippen LogP contribution >= 0.6 is 0 Å². The van der Waals surface area contributed by atoms with Crippen molar-refractivity contribution in [2.75, 3.05) is 38.3 Å². The van der Waals surface area contributed by atoms with Crippen molar-refractivity contribution in [2.24, 2.45) is 5.92 Å². The first kappa shape index (κ1) is 21.6. The molecule has 2 heterocycles. The van der Waals surface area contributed by atoms with Crippen molar-refractivity contribution < 1.29 is 19.0 Å². The molecule has 27 heavy (non-hydrogen) atoms. The molecule has 0 radical (unpaired) electrons. The fraction of sp³-hybridized carbons (Fsp3) is 0.750. The molecule has 1 fully saturated rings. The lowest BCUT2D eigenvalue weighted by molar-refractivity contribution is -0.177. The highest BCUT2D eigenvalue weighted by atomic mass is 16.7. The van der Waals surface area contributed by atoms with Crippen molar-refractivity contribution in [3.8, 4) is 0 Å². The number of aromatic nitrogens is 2. The van der Waals surface area contributed by atoms with Crippen LogP contribution in [-0.4, -0.2) is 55.6 Å².